The molecule has 0 bridgehead atoms. The van der Waals surface area contributed by atoms with Crippen LogP contribution in [0, 0.1) is 12.7 Å². The first-order valence-corrected chi connectivity index (χ1v) is 7.79. The zero-order valence-corrected chi connectivity index (χ0v) is 13.2. The molecule has 0 saturated heterocycles. The molecule has 0 unspecified atom stereocenters. The predicted molar refractivity (Wildman–Crippen MR) is 87.7 cm³/mol. The van der Waals surface area contributed by atoms with Crippen LogP contribution in [0.1, 0.15) is 29.6 Å². The maximum Gasteiger partial charge on any atom is 0.130 e. The lowest BCUT2D eigenvalue weighted by Crippen LogP contribution is -2.16. The highest BCUT2D eigenvalue weighted by Gasteiger charge is 2.22. The molecular weight excluding hydrogens is 291 g/mol. The topological polar surface area (TPSA) is 41.9 Å². The molecule has 0 saturated carbocycles. The van der Waals surface area contributed by atoms with Gasteiger partial charge in [-0.3, -0.25) is 0 Å². The fraction of sp³-hybridized carbons (Fsp3) is 0.278. The molecule has 116 valence electrons. The number of aromatic nitrogens is 3. The lowest BCUT2D eigenvalue weighted by molar-refractivity contribution is 0.629. The van der Waals surface area contributed by atoms with Crippen LogP contribution in [0.2, 0.25) is 0 Å². The largest absolute Gasteiger partial charge is 0.346 e. The van der Waals surface area contributed by atoms with Gasteiger partial charge in [-0.1, -0.05) is 6.92 Å². The van der Waals surface area contributed by atoms with Crippen molar-refractivity contribution in [2.75, 3.05) is 4.90 Å². The Kier molecular flexibility index (Phi) is 3.22. The number of halogens is 1. The van der Waals surface area contributed by atoms with Crippen LogP contribution in [-0.2, 0) is 19.5 Å². The first-order valence-electron chi connectivity index (χ1n) is 7.79. The quantitative estimate of drug-likeness (QED) is 0.726. The van der Waals surface area contributed by atoms with E-state index in [1.807, 2.05) is 13.1 Å². The lowest BCUT2D eigenvalue weighted by Gasteiger charge is -2.17. The monoisotopic (exact) mass is 308 g/mol. The molecule has 1 aromatic carbocycles. The van der Waals surface area contributed by atoms with E-state index in [0.29, 0.717) is 5.52 Å². The molecule has 5 heteroatoms. The van der Waals surface area contributed by atoms with Crippen LogP contribution in [0.25, 0.3) is 10.9 Å². The van der Waals surface area contributed by atoms with E-state index < -0.39 is 0 Å². The summed E-state index contributed by atoms with van der Waals surface area (Å²) >= 11 is 0. The highest BCUT2D eigenvalue weighted by Crippen LogP contribution is 2.29. The second-order valence-corrected chi connectivity index (χ2v) is 5.93. The van der Waals surface area contributed by atoms with Crippen molar-refractivity contribution in [3.05, 3.63) is 58.9 Å². The average molecular weight is 308 g/mol. The fourth-order valence-corrected chi connectivity index (χ4v) is 3.05. The Balaban J connectivity index is 1.73. The van der Waals surface area contributed by atoms with Gasteiger partial charge in [-0.2, -0.15) is 0 Å². The van der Waals surface area contributed by atoms with Crippen LogP contribution >= 0.6 is 0 Å². The Labute approximate surface area is 134 Å². The van der Waals surface area contributed by atoms with Crippen molar-refractivity contribution in [2.45, 2.75) is 33.4 Å². The van der Waals surface area contributed by atoms with Crippen LogP contribution in [-0.4, -0.2) is 15.0 Å². The molecule has 0 aliphatic carbocycles. The van der Waals surface area contributed by atoms with Gasteiger partial charge in [0.2, 0.25) is 0 Å². The third-order valence-corrected chi connectivity index (χ3v) is 4.31. The van der Waals surface area contributed by atoms with E-state index in [1.165, 1.54) is 12.1 Å². The van der Waals surface area contributed by atoms with Crippen molar-refractivity contribution in [1.29, 1.82) is 0 Å². The first kappa shape index (κ1) is 14.1. The minimum Gasteiger partial charge on any atom is -0.346 e. The third-order valence-electron chi connectivity index (χ3n) is 4.31. The number of benzene rings is 1. The van der Waals surface area contributed by atoms with Gasteiger partial charge in [0.15, 0.2) is 0 Å². The van der Waals surface area contributed by atoms with Crippen molar-refractivity contribution in [3.63, 3.8) is 0 Å². The molecule has 0 radical (unpaired) electrons. The van der Waals surface area contributed by atoms with Gasteiger partial charge in [0.1, 0.15) is 17.5 Å². The summed E-state index contributed by atoms with van der Waals surface area (Å²) in [4.78, 5) is 15.8. The molecule has 0 amide bonds. The Morgan fingerprint density at radius 1 is 1.17 bits per heavy atom. The van der Waals surface area contributed by atoms with E-state index in [-0.39, 0.29) is 5.82 Å². The summed E-state index contributed by atoms with van der Waals surface area (Å²) in [6.07, 6.45) is 2.74. The summed E-state index contributed by atoms with van der Waals surface area (Å²) in [6, 6.07) is 6.81. The number of hydrogen-bond acceptors (Lipinski definition) is 4. The Morgan fingerprint density at radius 2 is 2.04 bits per heavy atom. The van der Waals surface area contributed by atoms with Gasteiger partial charge in [0.25, 0.3) is 0 Å². The number of fused-ring (bicyclic) bond motifs is 2. The summed E-state index contributed by atoms with van der Waals surface area (Å²) in [5, 5.41) is 0.986. The van der Waals surface area contributed by atoms with Crippen LogP contribution < -0.4 is 4.90 Å². The second kappa shape index (κ2) is 5.26. The molecule has 0 fully saturated rings. The van der Waals surface area contributed by atoms with Gasteiger partial charge < -0.3 is 4.90 Å². The van der Waals surface area contributed by atoms with E-state index in [4.69, 9.17) is 0 Å². The minimum atomic E-state index is -0.260. The SMILES string of the molecule is CCc1ncc2c(n1)CN(c1cc(C)c3ccc(F)cc3n1)C2. The van der Waals surface area contributed by atoms with Gasteiger partial charge in [-0.05, 0) is 30.7 Å². The van der Waals surface area contributed by atoms with Crippen LogP contribution in [0.15, 0.2) is 30.5 Å². The summed E-state index contributed by atoms with van der Waals surface area (Å²) in [5.41, 5.74) is 3.99. The molecule has 4 nitrogen and oxygen atoms in total. The zero-order valence-electron chi connectivity index (χ0n) is 13.2. The van der Waals surface area contributed by atoms with Crippen LogP contribution in [0.4, 0.5) is 10.2 Å². The van der Waals surface area contributed by atoms with Crippen molar-refractivity contribution in [1.82, 2.24) is 15.0 Å². The molecule has 0 N–H and O–H groups in total. The summed E-state index contributed by atoms with van der Waals surface area (Å²) in [5.74, 6) is 1.47. The summed E-state index contributed by atoms with van der Waals surface area (Å²) in [7, 11) is 0. The van der Waals surface area contributed by atoms with Crippen LogP contribution in [0.5, 0.6) is 0 Å². The fourth-order valence-electron chi connectivity index (χ4n) is 3.05. The number of anilines is 1. The average Bonchev–Trinajstić information content (AvgIpc) is 2.97. The molecule has 3 aromatic rings. The number of pyridine rings is 1. The number of aryl methyl sites for hydroxylation is 2. The van der Waals surface area contributed by atoms with Gasteiger partial charge in [0, 0.05) is 36.2 Å². The molecular formula is C18H17FN4. The summed E-state index contributed by atoms with van der Waals surface area (Å²) in [6.45, 7) is 5.55. The normalized spacial score (nSPS) is 13.6. The van der Waals surface area contributed by atoms with E-state index in [0.717, 1.165) is 53.4 Å². The van der Waals surface area contributed by atoms with Crippen LogP contribution in [0.3, 0.4) is 0 Å². The van der Waals surface area contributed by atoms with E-state index in [1.54, 1.807) is 6.07 Å². The van der Waals surface area contributed by atoms with Crippen molar-refractivity contribution < 1.29 is 4.39 Å². The molecule has 1 aliphatic heterocycles. The van der Waals surface area contributed by atoms with Gasteiger partial charge in [0.05, 0.1) is 17.8 Å². The number of hydrogen-bond donors (Lipinski definition) is 0. The Hall–Kier alpha value is -2.56. The number of rotatable bonds is 2. The molecule has 0 spiro atoms. The van der Waals surface area contributed by atoms with Gasteiger partial charge in [-0.25, -0.2) is 19.3 Å². The predicted octanol–water partition coefficient (Wildman–Crippen LogP) is 3.55. The molecule has 0 atom stereocenters. The van der Waals surface area contributed by atoms with Crippen molar-refractivity contribution in [2.24, 2.45) is 0 Å². The molecule has 3 heterocycles. The zero-order chi connectivity index (χ0) is 16.0. The van der Waals surface area contributed by atoms with E-state index in [2.05, 4.69) is 32.8 Å². The standard InChI is InChI=1S/C18H17FN4/c1-3-17-20-8-12-9-23(10-16(12)21-17)18-6-11(2)14-5-4-13(19)7-15(14)22-18/h4-8H,3,9-10H2,1-2H3. The van der Waals surface area contributed by atoms with E-state index in [9.17, 15) is 4.39 Å². The molecule has 1 aliphatic rings. The Bertz CT molecular complexity index is 907. The van der Waals surface area contributed by atoms with Crippen molar-refractivity contribution in [3.8, 4) is 0 Å². The van der Waals surface area contributed by atoms with Gasteiger partial charge in [-0.15, -0.1) is 0 Å². The maximum atomic E-state index is 13.5. The van der Waals surface area contributed by atoms with E-state index >= 15 is 0 Å². The maximum absolute atomic E-state index is 13.5. The molecule has 23 heavy (non-hydrogen) atoms. The first-order chi connectivity index (χ1) is 11.1. The lowest BCUT2D eigenvalue weighted by atomic mass is 10.1. The Morgan fingerprint density at radius 3 is 2.87 bits per heavy atom. The second-order valence-electron chi connectivity index (χ2n) is 5.93. The molecule has 4 rings (SSSR count). The smallest absolute Gasteiger partial charge is 0.130 e. The highest BCUT2D eigenvalue weighted by molar-refractivity contribution is 5.84. The van der Waals surface area contributed by atoms with Gasteiger partial charge >= 0.3 is 0 Å². The third kappa shape index (κ3) is 2.42. The summed E-state index contributed by atoms with van der Waals surface area (Å²) < 4.78 is 13.5. The van der Waals surface area contributed by atoms with Crippen molar-refractivity contribution >= 4 is 16.7 Å². The minimum absolute atomic E-state index is 0.260. The number of nitrogens with zero attached hydrogens (tertiary/aromatic N) is 4. The molecule has 2 aromatic heterocycles. The highest BCUT2D eigenvalue weighted by atomic mass is 19.1.